The monoisotopic (exact) mass is 395 g/mol. The van der Waals surface area contributed by atoms with E-state index in [-0.39, 0.29) is 5.56 Å². The molecule has 0 aliphatic rings. The molecule has 6 nitrogen and oxygen atoms in total. The summed E-state index contributed by atoms with van der Waals surface area (Å²) in [7, 11) is -5.01. The molecule has 11 heteroatoms. The Kier molecular flexibility index (Phi) is 5.07. The average Bonchev–Trinajstić information content (AvgIpc) is 2.44. The van der Waals surface area contributed by atoms with E-state index in [1.165, 1.54) is 18.2 Å². The van der Waals surface area contributed by atoms with Gasteiger partial charge in [0.15, 0.2) is 0 Å². The van der Waals surface area contributed by atoms with Gasteiger partial charge in [-0.3, -0.25) is 14.7 Å². The van der Waals surface area contributed by atoms with Crippen LogP contribution in [0.3, 0.4) is 0 Å². The van der Waals surface area contributed by atoms with Crippen LogP contribution in [0.15, 0.2) is 41.3 Å². The van der Waals surface area contributed by atoms with Crippen molar-refractivity contribution in [2.75, 3.05) is 0 Å². The van der Waals surface area contributed by atoms with Gasteiger partial charge in [-0.15, -0.1) is 0 Å². The lowest BCUT2D eigenvalue weighted by molar-refractivity contribution is -0.385. The van der Waals surface area contributed by atoms with Gasteiger partial charge in [0.2, 0.25) is 0 Å². The highest BCUT2D eigenvalue weighted by Crippen LogP contribution is 2.41. The zero-order chi connectivity index (χ0) is 19.0. The van der Waals surface area contributed by atoms with Gasteiger partial charge in [0.05, 0.1) is 20.4 Å². The molecule has 0 radical (unpaired) electrons. The highest BCUT2D eigenvalue weighted by Gasteiger charge is 2.39. The molecular weight excluding hydrogens is 387 g/mol. The van der Waals surface area contributed by atoms with Crippen molar-refractivity contribution in [3.05, 3.63) is 68.2 Å². The normalized spacial score (nSPS) is 12.2. The van der Waals surface area contributed by atoms with E-state index in [9.17, 15) is 36.3 Å². The predicted octanol–water partition coefficient (Wildman–Crippen LogP) is 4.10. The zero-order valence-electron chi connectivity index (χ0n) is 12.1. The number of rotatable bonds is 4. The van der Waals surface area contributed by atoms with Crippen LogP contribution in [0.4, 0.5) is 18.9 Å². The van der Waals surface area contributed by atoms with Gasteiger partial charge in [-0.25, -0.2) is 0 Å². The molecule has 134 valence electrons. The lowest BCUT2D eigenvalue weighted by Gasteiger charge is -2.17. The summed E-state index contributed by atoms with van der Waals surface area (Å²) in [6.07, 6.45) is -5.79. The summed E-state index contributed by atoms with van der Waals surface area (Å²) >= 11 is 5.57. The molecule has 1 N–H and O–H groups in total. The predicted molar refractivity (Wildman–Crippen MR) is 82.2 cm³/mol. The third-order valence-electron chi connectivity index (χ3n) is 3.34. The molecule has 0 saturated heterocycles. The first kappa shape index (κ1) is 19.2. The van der Waals surface area contributed by atoms with Crippen LogP contribution in [0, 0.1) is 10.1 Å². The quantitative estimate of drug-likeness (QED) is 0.477. The molecule has 0 saturated carbocycles. The van der Waals surface area contributed by atoms with Crippen LogP contribution in [0.1, 0.15) is 16.7 Å². The van der Waals surface area contributed by atoms with Gasteiger partial charge < -0.3 is 0 Å². The van der Waals surface area contributed by atoms with Crippen LogP contribution in [-0.2, 0) is 22.7 Å². The van der Waals surface area contributed by atoms with E-state index in [2.05, 4.69) is 0 Å². The maximum absolute atomic E-state index is 13.3. The molecule has 0 atom stereocenters. The maximum Gasteiger partial charge on any atom is 0.418 e. The topological polar surface area (TPSA) is 97.5 Å². The van der Waals surface area contributed by atoms with E-state index < -0.39 is 54.4 Å². The first-order valence-corrected chi connectivity index (χ1v) is 8.33. The zero-order valence-corrected chi connectivity index (χ0v) is 13.7. The molecule has 0 aliphatic heterocycles. The fourth-order valence-corrected chi connectivity index (χ4v) is 3.36. The fourth-order valence-electron chi connectivity index (χ4n) is 2.35. The highest BCUT2D eigenvalue weighted by atomic mass is 35.5. The molecule has 0 unspecified atom stereocenters. The van der Waals surface area contributed by atoms with Crippen molar-refractivity contribution in [2.45, 2.75) is 17.5 Å². The molecule has 0 aromatic heterocycles. The summed E-state index contributed by atoms with van der Waals surface area (Å²) in [5.41, 5.74) is -2.98. The van der Waals surface area contributed by atoms with Gasteiger partial charge in [-0.1, -0.05) is 29.8 Å². The Morgan fingerprint density at radius 2 is 1.76 bits per heavy atom. The molecule has 2 rings (SSSR count). The second kappa shape index (κ2) is 6.62. The Morgan fingerprint density at radius 1 is 1.16 bits per heavy atom. The van der Waals surface area contributed by atoms with E-state index >= 15 is 0 Å². The number of hydrogen-bond donors (Lipinski definition) is 1. The van der Waals surface area contributed by atoms with Crippen molar-refractivity contribution < 1.29 is 31.1 Å². The molecular formula is C14H9ClF3NO5S. The van der Waals surface area contributed by atoms with Crippen molar-refractivity contribution in [1.82, 2.24) is 0 Å². The molecule has 2 aromatic rings. The van der Waals surface area contributed by atoms with Gasteiger partial charge in [0, 0.05) is 18.1 Å². The largest absolute Gasteiger partial charge is 0.418 e. The van der Waals surface area contributed by atoms with E-state index in [0.29, 0.717) is 6.07 Å². The summed E-state index contributed by atoms with van der Waals surface area (Å²) in [4.78, 5) is 9.22. The Bertz CT molecular complexity index is 944. The third-order valence-corrected chi connectivity index (χ3v) is 4.59. The molecule has 0 fully saturated rings. The summed E-state index contributed by atoms with van der Waals surface area (Å²) in [5, 5.41) is 10.2. The summed E-state index contributed by atoms with van der Waals surface area (Å²) in [5.74, 6) is 0. The van der Waals surface area contributed by atoms with Crippen LogP contribution < -0.4 is 0 Å². The minimum atomic E-state index is -5.03. The van der Waals surface area contributed by atoms with Crippen LogP contribution in [0.25, 0.3) is 0 Å². The van der Waals surface area contributed by atoms with Gasteiger partial charge >= 0.3 is 6.18 Å². The number of nitrogens with zero attached hydrogens (tertiary/aromatic N) is 1. The summed E-state index contributed by atoms with van der Waals surface area (Å²) in [6, 6.07) is 6.34. The molecule has 0 amide bonds. The minimum absolute atomic E-state index is 0.162. The van der Waals surface area contributed by atoms with Crippen molar-refractivity contribution in [2.24, 2.45) is 0 Å². The van der Waals surface area contributed by atoms with Gasteiger partial charge in [-0.2, -0.15) is 21.6 Å². The number of nitro benzene ring substituents is 1. The van der Waals surface area contributed by atoms with E-state index in [1.54, 1.807) is 0 Å². The first-order valence-electron chi connectivity index (χ1n) is 6.51. The highest BCUT2D eigenvalue weighted by molar-refractivity contribution is 7.85. The number of para-hydroxylation sites is 1. The van der Waals surface area contributed by atoms with Gasteiger partial charge in [0.1, 0.15) is 0 Å². The first-order chi connectivity index (χ1) is 11.4. The van der Waals surface area contributed by atoms with Crippen molar-refractivity contribution in [3.8, 4) is 0 Å². The molecule has 2 aromatic carbocycles. The molecule has 25 heavy (non-hydrogen) atoms. The molecule has 0 bridgehead atoms. The smallest absolute Gasteiger partial charge is 0.282 e. The molecule has 0 aliphatic carbocycles. The number of nitro groups is 1. The van der Waals surface area contributed by atoms with Crippen LogP contribution in [0.5, 0.6) is 0 Å². The number of benzene rings is 2. The van der Waals surface area contributed by atoms with Crippen molar-refractivity contribution in [1.29, 1.82) is 0 Å². The fraction of sp³-hybridized carbons (Fsp3) is 0.143. The summed E-state index contributed by atoms with van der Waals surface area (Å²) < 4.78 is 72.2. The Balaban J connectivity index is 2.80. The van der Waals surface area contributed by atoms with Crippen molar-refractivity contribution in [3.63, 3.8) is 0 Å². The average molecular weight is 396 g/mol. The van der Waals surface area contributed by atoms with Gasteiger partial charge in [0.25, 0.3) is 15.8 Å². The maximum atomic E-state index is 13.3. The van der Waals surface area contributed by atoms with Crippen LogP contribution in [-0.4, -0.2) is 17.9 Å². The van der Waals surface area contributed by atoms with E-state index in [4.69, 9.17) is 11.6 Å². The van der Waals surface area contributed by atoms with Crippen molar-refractivity contribution >= 4 is 27.4 Å². The number of hydrogen-bond acceptors (Lipinski definition) is 4. The minimum Gasteiger partial charge on any atom is -0.282 e. The van der Waals surface area contributed by atoms with E-state index in [0.717, 1.165) is 12.1 Å². The Labute approximate surface area is 144 Å². The number of alkyl halides is 3. The van der Waals surface area contributed by atoms with E-state index in [1.807, 2.05) is 0 Å². The summed E-state index contributed by atoms with van der Waals surface area (Å²) in [6.45, 7) is 0. The lowest BCUT2D eigenvalue weighted by atomic mass is 9.98. The molecule has 0 heterocycles. The standard InChI is InChI=1S/C14H9ClF3NO5S/c15-10-5-6-12(25(22,23)24)9(13(10)14(16,17)18)7-8-3-1-2-4-11(8)19(20)21/h1-6H,7H2,(H,22,23,24). The Hall–Kier alpha value is -2.17. The Morgan fingerprint density at radius 3 is 2.28 bits per heavy atom. The second-order valence-corrected chi connectivity index (χ2v) is 6.73. The lowest BCUT2D eigenvalue weighted by Crippen LogP contribution is -2.15. The molecule has 0 spiro atoms. The number of halogens is 4. The second-order valence-electron chi connectivity index (χ2n) is 4.93. The van der Waals surface area contributed by atoms with Gasteiger partial charge in [-0.05, 0) is 17.7 Å². The van der Waals surface area contributed by atoms with Crippen LogP contribution >= 0.6 is 11.6 Å². The SMILES string of the molecule is O=[N+]([O-])c1ccccc1Cc1c(S(=O)(=O)O)ccc(Cl)c1C(F)(F)F. The third kappa shape index (κ3) is 4.09. The van der Waals surface area contributed by atoms with Crippen LogP contribution in [0.2, 0.25) is 5.02 Å².